The van der Waals surface area contributed by atoms with E-state index in [1.807, 2.05) is 36.4 Å². The maximum Gasteiger partial charge on any atom is 0.191 e. The van der Waals surface area contributed by atoms with Crippen LogP contribution in [0.1, 0.15) is 24.7 Å². The van der Waals surface area contributed by atoms with Crippen molar-refractivity contribution in [3.63, 3.8) is 0 Å². The average Bonchev–Trinajstić information content (AvgIpc) is 3.19. The van der Waals surface area contributed by atoms with E-state index >= 15 is 0 Å². The second-order valence-corrected chi connectivity index (χ2v) is 5.81. The smallest absolute Gasteiger partial charge is 0.191 e. The summed E-state index contributed by atoms with van der Waals surface area (Å²) in [6.45, 7) is 5.57. The third-order valence-corrected chi connectivity index (χ3v) is 3.70. The number of furan rings is 1. The first-order chi connectivity index (χ1) is 12.8. The van der Waals surface area contributed by atoms with E-state index in [2.05, 4.69) is 22.5 Å². The van der Waals surface area contributed by atoms with Crippen molar-refractivity contribution < 1.29 is 13.9 Å². The van der Waals surface area contributed by atoms with Crippen molar-refractivity contribution >= 4 is 5.96 Å². The first-order valence-electron chi connectivity index (χ1n) is 9.07. The highest BCUT2D eigenvalue weighted by atomic mass is 16.5. The van der Waals surface area contributed by atoms with Crippen LogP contribution in [0, 0.1) is 0 Å². The summed E-state index contributed by atoms with van der Waals surface area (Å²) in [6, 6.07) is 11.8. The molecule has 6 heteroatoms. The summed E-state index contributed by atoms with van der Waals surface area (Å²) in [4.78, 5) is 4.53. The highest BCUT2D eigenvalue weighted by molar-refractivity contribution is 5.79. The zero-order chi connectivity index (χ0) is 18.5. The molecule has 0 saturated heterocycles. The van der Waals surface area contributed by atoms with Crippen LogP contribution in [0.2, 0.25) is 0 Å². The molecular weight excluding hydrogens is 330 g/mol. The van der Waals surface area contributed by atoms with E-state index in [4.69, 9.17) is 13.9 Å². The molecule has 0 fully saturated rings. The van der Waals surface area contributed by atoms with E-state index in [0.29, 0.717) is 19.8 Å². The van der Waals surface area contributed by atoms with Gasteiger partial charge in [-0.2, -0.15) is 0 Å². The third-order valence-electron chi connectivity index (χ3n) is 3.70. The standard InChI is InChI=1S/C20H29N3O3/c1-3-11-21-20(22-12-10-19-5-4-14-26-19)23-13-15-25-16-17-6-8-18(24-2)9-7-17/h4-9,14H,3,10-13,15-16H2,1-2H3,(H2,21,22,23). The van der Waals surface area contributed by atoms with Crippen LogP contribution in [-0.4, -0.2) is 39.3 Å². The molecule has 26 heavy (non-hydrogen) atoms. The summed E-state index contributed by atoms with van der Waals surface area (Å²) in [5.74, 6) is 2.63. The lowest BCUT2D eigenvalue weighted by Crippen LogP contribution is -2.40. The van der Waals surface area contributed by atoms with E-state index < -0.39 is 0 Å². The minimum atomic E-state index is 0.582. The Hall–Kier alpha value is -2.47. The normalized spacial score (nSPS) is 11.4. The van der Waals surface area contributed by atoms with Crippen molar-refractivity contribution in [3.8, 4) is 5.75 Å². The van der Waals surface area contributed by atoms with Gasteiger partial charge in [0.05, 0.1) is 26.6 Å². The van der Waals surface area contributed by atoms with Crippen molar-refractivity contribution in [2.75, 3.05) is 33.4 Å². The summed E-state index contributed by atoms with van der Waals surface area (Å²) in [5.41, 5.74) is 1.13. The Morgan fingerprint density at radius 2 is 1.92 bits per heavy atom. The highest BCUT2D eigenvalue weighted by Gasteiger charge is 2.00. The molecule has 0 unspecified atom stereocenters. The third kappa shape index (κ3) is 7.61. The van der Waals surface area contributed by atoms with Crippen LogP contribution in [0.3, 0.4) is 0 Å². The number of ether oxygens (including phenoxy) is 2. The van der Waals surface area contributed by atoms with E-state index in [1.165, 1.54) is 0 Å². The fourth-order valence-corrected chi connectivity index (χ4v) is 2.31. The number of hydrogen-bond donors (Lipinski definition) is 2. The minimum Gasteiger partial charge on any atom is -0.497 e. The number of rotatable bonds is 11. The van der Waals surface area contributed by atoms with Gasteiger partial charge in [0.2, 0.25) is 0 Å². The van der Waals surface area contributed by atoms with Gasteiger partial charge in [-0.15, -0.1) is 0 Å². The average molecular weight is 359 g/mol. The second-order valence-electron chi connectivity index (χ2n) is 5.81. The molecule has 2 aromatic rings. The molecule has 0 spiro atoms. The van der Waals surface area contributed by atoms with E-state index in [-0.39, 0.29) is 0 Å². The molecule has 1 heterocycles. The summed E-state index contributed by atoms with van der Waals surface area (Å²) in [6.07, 6.45) is 3.53. The van der Waals surface area contributed by atoms with Crippen molar-refractivity contribution in [1.29, 1.82) is 0 Å². The molecule has 0 bridgehead atoms. The fourth-order valence-electron chi connectivity index (χ4n) is 2.31. The van der Waals surface area contributed by atoms with Gasteiger partial charge >= 0.3 is 0 Å². The Balaban J connectivity index is 1.64. The molecule has 0 saturated carbocycles. The maximum absolute atomic E-state index is 5.71. The largest absolute Gasteiger partial charge is 0.497 e. The van der Waals surface area contributed by atoms with Gasteiger partial charge < -0.3 is 24.5 Å². The van der Waals surface area contributed by atoms with Crippen LogP contribution in [0.25, 0.3) is 0 Å². The van der Waals surface area contributed by atoms with Crippen molar-refractivity contribution in [3.05, 3.63) is 54.0 Å². The monoisotopic (exact) mass is 359 g/mol. The van der Waals surface area contributed by atoms with Gasteiger partial charge in [-0.3, -0.25) is 4.99 Å². The quantitative estimate of drug-likeness (QED) is 0.367. The first kappa shape index (κ1) is 19.8. The SMILES string of the molecule is CCCN=C(NCCOCc1ccc(OC)cc1)NCCc1ccco1. The van der Waals surface area contributed by atoms with Gasteiger partial charge in [0, 0.05) is 26.1 Å². The van der Waals surface area contributed by atoms with Crippen LogP contribution < -0.4 is 15.4 Å². The molecule has 0 aliphatic carbocycles. The molecule has 0 atom stereocenters. The predicted octanol–water partition coefficient (Wildman–Crippen LogP) is 2.99. The molecule has 1 aromatic carbocycles. The fraction of sp³-hybridized carbons (Fsp3) is 0.450. The zero-order valence-corrected chi connectivity index (χ0v) is 15.7. The minimum absolute atomic E-state index is 0.582. The molecule has 2 rings (SSSR count). The Bertz CT molecular complexity index is 624. The summed E-state index contributed by atoms with van der Waals surface area (Å²) in [7, 11) is 1.66. The van der Waals surface area contributed by atoms with Crippen molar-refractivity contribution in [2.24, 2.45) is 4.99 Å². The van der Waals surface area contributed by atoms with Gasteiger partial charge in [0.15, 0.2) is 5.96 Å². The number of nitrogens with zero attached hydrogens (tertiary/aromatic N) is 1. The van der Waals surface area contributed by atoms with Gasteiger partial charge in [0.1, 0.15) is 11.5 Å². The highest BCUT2D eigenvalue weighted by Crippen LogP contribution is 2.11. The maximum atomic E-state index is 5.71. The number of hydrogen-bond acceptors (Lipinski definition) is 4. The first-order valence-corrected chi connectivity index (χ1v) is 9.07. The molecule has 2 N–H and O–H groups in total. The Labute approximate surface area is 155 Å². The molecule has 142 valence electrons. The lowest BCUT2D eigenvalue weighted by atomic mass is 10.2. The topological polar surface area (TPSA) is 68.0 Å². The molecule has 1 aromatic heterocycles. The number of benzene rings is 1. The van der Waals surface area contributed by atoms with E-state index in [9.17, 15) is 0 Å². The van der Waals surface area contributed by atoms with Crippen LogP contribution in [-0.2, 0) is 17.8 Å². The van der Waals surface area contributed by atoms with E-state index in [0.717, 1.165) is 49.0 Å². The van der Waals surface area contributed by atoms with E-state index in [1.54, 1.807) is 13.4 Å². The predicted molar refractivity (Wildman–Crippen MR) is 104 cm³/mol. The van der Waals surface area contributed by atoms with Crippen LogP contribution in [0.15, 0.2) is 52.1 Å². The molecule has 0 aliphatic heterocycles. The summed E-state index contributed by atoms with van der Waals surface area (Å²) < 4.78 is 16.2. The Morgan fingerprint density at radius 3 is 2.62 bits per heavy atom. The molecular formula is C20H29N3O3. The number of methoxy groups -OCH3 is 1. The van der Waals surface area contributed by atoms with Crippen LogP contribution >= 0.6 is 0 Å². The number of aliphatic imine (C=N–C) groups is 1. The molecule has 6 nitrogen and oxygen atoms in total. The lowest BCUT2D eigenvalue weighted by Gasteiger charge is -2.12. The number of guanidine groups is 1. The lowest BCUT2D eigenvalue weighted by molar-refractivity contribution is 0.125. The van der Waals surface area contributed by atoms with Gasteiger partial charge in [0.25, 0.3) is 0 Å². The van der Waals surface area contributed by atoms with Gasteiger partial charge in [-0.05, 0) is 36.2 Å². The molecule has 0 radical (unpaired) electrons. The Kier molecular flexibility index (Phi) is 9.14. The number of nitrogens with one attached hydrogen (secondary N) is 2. The summed E-state index contributed by atoms with van der Waals surface area (Å²) in [5, 5.41) is 6.63. The van der Waals surface area contributed by atoms with Gasteiger partial charge in [-0.1, -0.05) is 19.1 Å². The Morgan fingerprint density at radius 1 is 1.12 bits per heavy atom. The van der Waals surface area contributed by atoms with Crippen molar-refractivity contribution in [1.82, 2.24) is 10.6 Å². The summed E-state index contributed by atoms with van der Waals surface area (Å²) >= 11 is 0. The molecule has 0 amide bonds. The zero-order valence-electron chi connectivity index (χ0n) is 15.7. The van der Waals surface area contributed by atoms with Gasteiger partial charge in [-0.25, -0.2) is 0 Å². The second kappa shape index (κ2) is 12.0. The molecule has 0 aliphatic rings. The van der Waals surface area contributed by atoms with Crippen LogP contribution in [0.4, 0.5) is 0 Å². The van der Waals surface area contributed by atoms with Crippen LogP contribution in [0.5, 0.6) is 5.75 Å². The van der Waals surface area contributed by atoms with Crippen molar-refractivity contribution in [2.45, 2.75) is 26.4 Å².